The van der Waals surface area contributed by atoms with E-state index < -0.39 is 35.8 Å². The predicted molar refractivity (Wildman–Crippen MR) is 108 cm³/mol. The Balaban J connectivity index is 2.04. The molecule has 0 aromatic heterocycles. The van der Waals surface area contributed by atoms with Gasteiger partial charge in [0.15, 0.2) is 11.5 Å². The molecule has 1 heterocycles. The van der Waals surface area contributed by atoms with Crippen LogP contribution in [0.5, 0.6) is 11.5 Å². The molecule has 1 aliphatic heterocycles. The van der Waals surface area contributed by atoms with Gasteiger partial charge >= 0.3 is 6.09 Å². The molecule has 0 radical (unpaired) electrons. The molecule has 0 aliphatic carbocycles. The summed E-state index contributed by atoms with van der Waals surface area (Å²) in [6, 6.07) is 5.66. The second kappa shape index (κ2) is 9.82. The van der Waals surface area contributed by atoms with Crippen LogP contribution in [0.15, 0.2) is 24.3 Å². The Morgan fingerprint density at radius 1 is 1.17 bits per heavy atom. The summed E-state index contributed by atoms with van der Waals surface area (Å²) in [6.07, 6.45) is -1.20. The topological polar surface area (TPSA) is 106 Å². The van der Waals surface area contributed by atoms with E-state index in [0.717, 1.165) is 0 Å². The fourth-order valence-electron chi connectivity index (χ4n) is 2.84. The van der Waals surface area contributed by atoms with E-state index in [9.17, 15) is 14.7 Å². The van der Waals surface area contributed by atoms with Crippen LogP contribution in [0.1, 0.15) is 41.0 Å². The van der Waals surface area contributed by atoms with Gasteiger partial charge in [0.05, 0.1) is 6.04 Å². The number of carbonyl (C=O) groups excluding carboxylic acids is 2. The number of para-hydroxylation sites is 2. The van der Waals surface area contributed by atoms with Crippen molar-refractivity contribution in [2.75, 3.05) is 13.2 Å². The van der Waals surface area contributed by atoms with E-state index in [1.807, 2.05) is 26.0 Å². The number of amides is 2. The van der Waals surface area contributed by atoms with E-state index in [-0.39, 0.29) is 19.1 Å². The molecule has 0 spiro atoms. The van der Waals surface area contributed by atoms with Crippen LogP contribution in [-0.2, 0) is 9.53 Å². The molecule has 1 aromatic carbocycles. The molecule has 8 nitrogen and oxygen atoms in total. The molecule has 1 aliphatic rings. The highest BCUT2D eigenvalue weighted by molar-refractivity contribution is 5.86. The van der Waals surface area contributed by atoms with Crippen LogP contribution in [0.25, 0.3) is 0 Å². The normalized spacial score (nSPS) is 20.2. The van der Waals surface area contributed by atoms with Crippen molar-refractivity contribution in [2.45, 2.75) is 64.8 Å². The second-order valence-electron chi connectivity index (χ2n) is 8.58. The first-order valence-electron chi connectivity index (χ1n) is 9.87. The summed E-state index contributed by atoms with van der Waals surface area (Å²) in [7, 11) is 0. The van der Waals surface area contributed by atoms with E-state index in [2.05, 4.69) is 10.6 Å². The molecular formula is C21H32N2O6. The lowest BCUT2D eigenvalue weighted by molar-refractivity contribution is -0.125. The van der Waals surface area contributed by atoms with Gasteiger partial charge in [-0.15, -0.1) is 0 Å². The highest BCUT2D eigenvalue weighted by Crippen LogP contribution is 2.28. The summed E-state index contributed by atoms with van der Waals surface area (Å²) in [5.41, 5.74) is -0.669. The predicted octanol–water partition coefficient (Wildman–Crippen LogP) is 2.24. The number of carbonyl (C=O) groups is 2. The maximum Gasteiger partial charge on any atom is 0.408 e. The molecular weight excluding hydrogens is 376 g/mol. The molecule has 2 rings (SSSR count). The standard InChI is InChI=1S/C21H32N2O6/c1-13(2)10-14(23-20(26)29-21(3,4)5)19(25)22-15-11-27-17-8-6-7-9-18(17)28-12-16(15)24/h6-9,13-16,24H,10-12H2,1-5H3,(H,22,25)(H,23,26). The molecule has 0 fully saturated rings. The number of benzene rings is 1. The van der Waals surface area contributed by atoms with E-state index in [1.165, 1.54) is 0 Å². The van der Waals surface area contributed by atoms with Gasteiger partial charge in [0.25, 0.3) is 0 Å². The monoisotopic (exact) mass is 408 g/mol. The number of aliphatic hydroxyl groups excluding tert-OH is 1. The van der Waals surface area contributed by atoms with Gasteiger partial charge in [-0.2, -0.15) is 0 Å². The summed E-state index contributed by atoms with van der Waals surface area (Å²) < 4.78 is 16.6. The minimum Gasteiger partial charge on any atom is -0.487 e. The molecule has 3 unspecified atom stereocenters. The Labute approximate surface area is 171 Å². The Morgan fingerprint density at radius 3 is 2.31 bits per heavy atom. The maximum absolute atomic E-state index is 12.8. The molecule has 3 atom stereocenters. The zero-order valence-electron chi connectivity index (χ0n) is 17.7. The third-order valence-corrected chi connectivity index (χ3v) is 4.18. The number of aliphatic hydroxyl groups is 1. The van der Waals surface area contributed by atoms with Crippen LogP contribution in [0, 0.1) is 5.92 Å². The minimum atomic E-state index is -0.964. The number of alkyl carbamates (subject to hydrolysis) is 1. The first-order chi connectivity index (χ1) is 13.5. The van der Waals surface area contributed by atoms with Crippen LogP contribution < -0.4 is 20.1 Å². The highest BCUT2D eigenvalue weighted by atomic mass is 16.6. The second-order valence-corrected chi connectivity index (χ2v) is 8.58. The fourth-order valence-corrected chi connectivity index (χ4v) is 2.84. The molecule has 1 aromatic rings. The summed E-state index contributed by atoms with van der Waals surface area (Å²) in [6.45, 7) is 9.26. The lowest BCUT2D eigenvalue weighted by Gasteiger charge is -2.30. The molecule has 0 saturated heterocycles. The average molecular weight is 408 g/mol. The molecule has 0 bridgehead atoms. The van der Waals surface area contributed by atoms with Crippen LogP contribution in [-0.4, -0.2) is 54.1 Å². The number of fused-ring (bicyclic) bond motifs is 1. The lowest BCUT2D eigenvalue weighted by atomic mass is 10.0. The van der Waals surface area contributed by atoms with Crippen LogP contribution in [0.2, 0.25) is 0 Å². The first kappa shape index (κ1) is 22.8. The molecule has 2 amide bonds. The SMILES string of the molecule is CC(C)CC(NC(=O)OC(C)(C)C)C(=O)NC1COc2ccccc2OCC1O. The fraction of sp³-hybridized carbons (Fsp3) is 0.619. The van der Waals surface area contributed by atoms with E-state index in [4.69, 9.17) is 14.2 Å². The van der Waals surface area contributed by atoms with Gasteiger partial charge in [0.1, 0.15) is 31.0 Å². The molecule has 162 valence electrons. The Morgan fingerprint density at radius 2 is 1.76 bits per heavy atom. The van der Waals surface area contributed by atoms with Crippen LogP contribution in [0.3, 0.4) is 0 Å². The van der Waals surface area contributed by atoms with E-state index in [1.54, 1.807) is 32.9 Å². The average Bonchev–Trinajstić information content (AvgIpc) is 2.59. The maximum atomic E-state index is 12.8. The number of nitrogens with one attached hydrogen (secondary N) is 2. The largest absolute Gasteiger partial charge is 0.487 e. The van der Waals surface area contributed by atoms with Gasteiger partial charge < -0.3 is 30.0 Å². The third-order valence-electron chi connectivity index (χ3n) is 4.18. The van der Waals surface area contributed by atoms with E-state index in [0.29, 0.717) is 17.9 Å². The van der Waals surface area contributed by atoms with Crippen molar-refractivity contribution in [3.63, 3.8) is 0 Å². The first-order valence-corrected chi connectivity index (χ1v) is 9.87. The van der Waals surface area contributed by atoms with Crippen molar-refractivity contribution >= 4 is 12.0 Å². The highest BCUT2D eigenvalue weighted by Gasteiger charge is 2.30. The van der Waals surface area contributed by atoms with Gasteiger partial charge in [-0.25, -0.2) is 4.79 Å². The summed E-state index contributed by atoms with van der Waals surface area (Å²) in [5.74, 6) is 0.838. The van der Waals surface area contributed by atoms with Crippen LogP contribution in [0.4, 0.5) is 4.79 Å². The van der Waals surface area contributed by atoms with Crippen molar-refractivity contribution in [1.29, 1.82) is 0 Å². The number of rotatable bonds is 5. The number of ether oxygens (including phenoxy) is 3. The van der Waals surface area contributed by atoms with Crippen molar-refractivity contribution in [3.8, 4) is 11.5 Å². The molecule has 8 heteroatoms. The van der Waals surface area contributed by atoms with E-state index >= 15 is 0 Å². The Hall–Kier alpha value is -2.48. The van der Waals surface area contributed by atoms with Gasteiger partial charge in [-0.3, -0.25) is 4.79 Å². The van der Waals surface area contributed by atoms with Crippen molar-refractivity contribution in [1.82, 2.24) is 10.6 Å². The van der Waals surface area contributed by atoms with Gasteiger partial charge in [-0.1, -0.05) is 26.0 Å². The van der Waals surface area contributed by atoms with Gasteiger partial charge in [-0.05, 0) is 45.2 Å². The molecule has 0 saturated carbocycles. The Bertz CT molecular complexity index is 701. The smallest absolute Gasteiger partial charge is 0.408 e. The van der Waals surface area contributed by atoms with Crippen molar-refractivity contribution < 1.29 is 28.9 Å². The number of hydrogen-bond donors (Lipinski definition) is 3. The van der Waals surface area contributed by atoms with Gasteiger partial charge in [0, 0.05) is 0 Å². The Kier molecular flexibility index (Phi) is 7.73. The zero-order chi connectivity index (χ0) is 21.6. The zero-order valence-corrected chi connectivity index (χ0v) is 17.7. The van der Waals surface area contributed by atoms with Crippen molar-refractivity contribution in [3.05, 3.63) is 24.3 Å². The minimum absolute atomic E-state index is 0.0136. The van der Waals surface area contributed by atoms with Gasteiger partial charge in [0.2, 0.25) is 5.91 Å². The summed E-state index contributed by atoms with van der Waals surface area (Å²) in [5, 5.41) is 15.8. The number of hydrogen-bond acceptors (Lipinski definition) is 6. The van der Waals surface area contributed by atoms with Crippen LogP contribution >= 0.6 is 0 Å². The van der Waals surface area contributed by atoms with Crippen molar-refractivity contribution in [2.24, 2.45) is 5.92 Å². The summed E-state index contributed by atoms with van der Waals surface area (Å²) >= 11 is 0. The molecule has 29 heavy (non-hydrogen) atoms. The lowest BCUT2D eigenvalue weighted by Crippen LogP contribution is -2.56. The third kappa shape index (κ3) is 7.45. The summed E-state index contributed by atoms with van der Waals surface area (Å²) in [4.78, 5) is 25.0. The molecule has 3 N–H and O–H groups in total. The quantitative estimate of drug-likeness (QED) is 0.690.